The second kappa shape index (κ2) is 16.3. The molecule has 0 aromatic rings. The first-order valence-corrected chi connectivity index (χ1v) is 14.1. The molecule has 0 saturated carbocycles. The average molecular weight is 517 g/mol. The van der Waals surface area contributed by atoms with Gasteiger partial charge in [0.2, 0.25) is 19.2 Å². The molecular formula is C17H37N5O9P2. The van der Waals surface area contributed by atoms with Crippen molar-refractivity contribution in [1.82, 2.24) is 16.0 Å². The number of aliphatic carboxylic acids is 1. The first kappa shape index (κ1) is 31.6. The molecule has 0 aromatic carbocycles. The Morgan fingerprint density at radius 2 is 1.67 bits per heavy atom. The highest BCUT2D eigenvalue weighted by Gasteiger charge is 2.33. The van der Waals surface area contributed by atoms with Gasteiger partial charge in [-0.05, 0) is 58.7 Å². The Hall–Kier alpha value is -1.37. The molecule has 0 aliphatic heterocycles. The van der Waals surface area contributed by atoms with Gasteiger partial charge in [0.1, 0.15) is 12.1 Å². The summed E-state index contributed by atoms with van der Waals surface area (Å²) in [5, 5.41) is 16.5. The van der Waals surface area contributed by atoms with Gasteiger partial charge in [-0.15, -0.1) is 0 Å². The smallest absolute Gasteiger partial charge is 0.475 e. The maximum Gasteiger partial charge on any atom is 0.475 e. The van der Waals surface area contributed by atoms with Crippen LogP contribution < -0.4 is 27.4 Å². The van der Waals surface area contributed by atoms with E-state index in [1.165, 1.54) is 6.92 Å². The molecular weight excluding hydrogens is 480 g/mol. The quantitative estimate of drug-likeness (QED) is 0.0779. The molecule has 194 valence electrons. The second-order valence-corrected chi connectivity index (χ2v) is 11.6. The molecule has 0 aliphatic carbocycles. The van der Waals surface area contributed by atoms with Crippen LogP contribution in [0.25, 0.3) is 0 Å². The number of carbonyl (C=O) groups is 3. The maximum atomic E-state index is 12.9. The van der Waals surface area contributed by atoms with Crippen LogP contribution >= 0.6 is 15.2 Å². The zero-order valence-corrected chi connectivity index (χ0v) is 20.6. The lowest BCUT2D eigenvalue weighted by Gasteiger charge is -2.21. The summed E-state index contributed by atoms with van der Waals surface area (Å²) in [5.74, 6) is -2.61. The number of hydrogen-bond acceptors (Lipinski definition) is 9. The fraction of sp³-hybridized carbons (Fsp3) is 0.824. The lowest BCUT2D eigenvalue weighted by Crippen LogP contribution is -2.45. The van der Waals surface area contributed by atoms with Gasteiger partial charge in [-0.25, -0.2) is 8.88 Å². The molecule has 0 aliphatic rings. The van der Waals surface area contributed by atoms with Gasteiger partial charge in [0.05, 0.1) is 6.29 Å². The number of nitrogens with one attached hydrogen (secondary N) is 3. The van der Waals surface area contributed by atoms with Gasteiger partial charge in [-0.1, -0.05) is 0 Å². The molecule has 10 N–H and O–H groups in total. The summed E-state index contributed by atoms with van der Waals surface area (Å²) in [5.41, 5.74) is 10.7. The molecule has 14 nitrogen and oxygen atoms in total. The zero-order chi connectivity index (χ0) is 25.5. The van der Waals surface area contributed by atoms with Gasteiger partial charge in [0, 0.05) is 12.6 Å². The van der Waals surface area contributed by atoms with E-state index >= 15 is 0 Å². The van der Waals surface area contributed by atoms with E-state index < -0.39 is 51.3 Å². The SMILES string of the molecule is C[C@@H](NC(=O)CC[C@@H](N)C(=O)O)C(=O)NC[P@@](=O)(CCCCNCCCCN)OP(=O)(O)O. The summed E-state index contributed by atoms with van der Waals surface area (Å²) in [6.07, 6.45) is 1.62. The first-order chi connectivity index (χ1) is 15.3. The fourth-order valence-corrected chi connectivity index (χ4v) is 5.97. The topological polar surface area (TPSA) is 243 Å². The van der Waals surface area contributed by atoms with Gasteiger partial charge in [0.15, 0.2) is 0 Å². The third-order valence-corrected chi connectivity index (χ3v) is 8.11. The van der Waals surface area contributed by atoms with E-state index in [1.807, 2.05) is 0 Å². The molecule has 0 radical (unpaired) electrons. The van der Waals surface area contributed by atoms with Gasteiger partial charge < -0.3 is 42.3 Å². The molecule has 16 heteroatoms. The molecule has 0 unspecified atom stereocenters. The van der Waals surface area contributed by atoms with Crippen LogP contribution in [-0.2, 0) is 27.8 Å². The summed E-state index contributed by atoms with van der Waals surface area (Å²) < 4.78 is 28.6. The van der Waals surface area contributed by atoms with Crippen LogP contribution in [0.5, 0.6) is 0 Å². The van der Waals surface area contributed by atoms with Crippen molar-refractivity contribution in [2.24, 2.45) is 11.5 Å². The minimum atomic E-state index is -5.07. The number of hydrogen-bond donors (Lipinski definition) is 8. The summed E-state index contributed by atoms with van der Waals surface area (Å²) in [6.45, 7) is 3.34. The molecule has 3 atom stereocenters. The fourth-order valence-electron chi connectivity index (χ4n) is 2.61. The van der Waals surface area contributed by atoms with Crippen LogP contribution in [0.4, 0.5) is 0 Å². The van der Waals surface area contributed by atoms with Crippen molar-refractivity contribution in [3.63, 3.8) is 0 Å². The van der Waals surface area contributed by atoms with Crippen molar-refractivity contribution in [3.8, 4) is 0 Å². The van der Waals surface area contributed by atoms with Crippen LogP contribution in [0.1, 0.15) is 45.4 Å². The predicted molar refractivity (Wildman–Crippen MR) is 121 cm³/mol. The number of carboxylic acids is 1. The van der Waals surface area contributed by atoms with Crippen LogP contribution in [0.3, 0.4) is 0 Å². The summed E-state index contributed by atoms with van der Waals surface area (Å²) >= 11 is 0. The predicted octanol–water partition coefficient (Wildman–Crippen LogP) is -0.747. The number of amides is 2. The lowest BCUT2D eigenvalue weighted by molar-refractivity contribution is -0.138. The molecule has 2 amide bonds. The molecule has 0 saturated heterocycles. The molecule has 0 aromatic heterocycles. The van der Waals surface area contributed by atoms with Gasteiger partial charge in [-0.3, -0.25) is 18.9 Å². The molecule has 0 rings (SSSR count). The van der Waals surface area contributed by atoms with Crippen molar-refractivity contribution in [2.75, 3.05) is 32.1 Å². The highest BCUT2D eigenvalue weighted by molar-refractivity contribution is 7.67. The van der Waals surface area contributed by atoms with E-state index in [0.29, 0.717) is 25.9 Å². The number of carboxylic acid groups (broad SMARTS) is 1. The number of carbonyl (C=O) groups excluding carboxylic acids is 2. The third-order valence-electron chi connectivity index (χ3n) is 4.43. The number of unbranched alkanes of at least 4 members (excludes halogenated alkanes) is 2. The number of nitrogens with two attached hydrogens (primary N) is 2. The van der Waals surface area contributed by atoms with Crippen molar-refractivity contribution in [3.05, 3.63) is 0 Å². The van der Waals surface area contributed by atoms with Crippen LogP contribution in [-0.4, -0.2) is 76.8 Å². The Kier molecular flexibility index (Phi) is 15.6. The van der Waals surface area contributed by atoms with E-state index in [4.69, 9.17) is 26.4 Å². The molecule has 33 heavy (non-hydrogen) atoms. The van der Waals surface area contributed by atoms with Crippen molar-refractivity contribution >= 4 is 33.0 Å². The highest BCUT2D eigenvalue weighted by atomic mass is 31.3. The Balaban J connectivity index is 4.58. The molecule has 0 spiro atoms. The second-order valence-electron chi connectivity index (χ2n) is 7.54. The molecule has 0 fully saturated rings. The summed E-state index contributed by atoms with van der Waals surface area (Å²) in [4.78, 5) is 52.9. The van der Waals surface area contributed by atoms with Crippen LogP contribution in [0.2, 0.25) is 0 Å². The molecule has 0 bridgehead atoms. The van der Waals surface area contributed by atoms with Crippen LogP contribution in [0.15, 0.2) is 0 Å². The van der Waals surface area contributed by atoms with E-state index in [-0.39, 0.29) is 19.0 Å². The lowest BCUT2D eigenvalue weighted by atomic mass is 10.1. The minimum absolute atomic E-state index is 0.122. The van der Waals surface area contributed by atoms with E-state index in [2.05, 4.69) is 20.3 Å². The minimum Gasteiger partial charge on any atom is -0.480 e. The number of phosphoric acid groups is 1. The van der Waals surface area contributed by atoms with Gasteiger partial charge in [0.25, 0.3) is 0 Å². The van der Waals surface area contributed by atoms with E-state index in [1.54, 1.807) is 0 Å². The van der Waals surface area contributed by atoms with Crippen molar-refractivity contribution < 1.29 is 42.7 Å². The normalized spacial score (nSPS) is 15.3. The Morgan fingerprint density at radius 3 is 2.21 bits per heavy atom. The van der Waals surface area contributed by atoms with E-state index in [9.17, 15) is 23.5 Å². The average Bonchev–Trinajstić information content (AvgIpc) is 2.70. The zero-order valence-electron chi connectivity index (χ0n) is 18.8. The number of rotatable bonds is 19. The Morgan fingerprint density at radius 1 is 1.06 bits per heavy atom. The van der Waals surface area contributed by atoms with Crippen LogP contribution in [0, 0.1) is 0 Å². The summed E-state index contributed by atoms with van der Waals surface area (Å²) in [6, 6.07) is -2.28. The maximum absolute atomic E-state index is 12.9. The van der Waals surface area contributed by atoms with Gasteiger partial charge >= 0.3 is 13.8 Å². The Labute approximate surface area is 193 Å². The Bertz CT molecular complexity index is 719. The largest absolute Gasteiger partial charge is 0.480 e. The van der Waals surface area contributed by atoms with Gasteiger partial charge in [-0.2, -0.15) is 0 Å². The highest BCUT2D eigenvalue weighted by Crippen LogP contribution is 2.59. The van der Waals surface area contributed by atoms with Crippen molar-refractivity contribution in [2.45, 2.75) is 57.5 Å². The first-order valence-electron chi connectivity index (χ1n) is 10.6. The molecule has 0 heterocycles. The summed E-state index contributed by atoms with van der Waals surface area (Å²) in [7, 11) is -8.97. The standard InChI is InChI=1S/C17H37N5O9P2/c1-13(22-15(23)7-6-14(19)17(25)26)16(24)21-12-32(27,31-33(28,29)30)11-5-4-10-20-9-3-2-8-18/h13-14,20H,2-12,18-19H2,1H3,(H,21,24)(H,22,23)(H,25,26)(H2,28,29,30)/t13-,14-,32-/m1/s1. The monoisotopic (exact) mass is 517 g/mol. The van der Waals surface area contributed by atoms with E-state index in [0.717, 1.165) is 19.4 Å². The van der Waals surface area contributed by atoms with Crippen molar-refractivity contribution in [1.29, 1.82) is 0 Å². The third kappa shape index (κ3) is 16.8.